The van der Waals surface area contributed by atoms with Gasteiger partial charge in [-0.1, -0.05) is 27.7 Å². The normalized spacial score (nSPS) is 10.7. The molecule has 110 valence electrons. The van der Waals surface area contributed by atoms with Crippen LogP contribution in [-0.2, 0) is 18.9 Å². The molecule has 4 heteroatoms. The number of rotatable bonds is 2. The molecule has 0 fully saturated rings. The third-order valence-corrected chi connectivity index (χ3v) is 2.95. The summed E-state index contributed by atoms with van der Waals surface area (Å²) in [6.07, 6.45) is 8.19. The second kappa shape index (κ2) is 7.08. The molecule has 0 N–H and O–H groups in total. The van der Waals surface area contributed by atoms with Crippen LogP contribution in [0.2, 0.25) is 0 Å². The molecule has 0 atom stereocenters. The molecule has 0 aliphatic rings. The minimum atomic E-state index is 0.107. The Kier molecular flexibility index (Phi) is 5.74. The molecular formula is C16H25N3O. The van der Waals surface area contributed by atoms with Crippen LogP contribution in [0.4, 0.5) is 0 Å². The molecule has 0 bridgehead atoms. The topological polar surface area (TPSA) is 39.9 Å². The van der Waals surface area contributed by atoms with Crippen LogP contribution in [0.5, 0.6) is 5.75 Å². The molecule has 0 aliphatic heterocycles. The van der Waals surface area contributed by atoms with Crippen LogP contribution < -0.4 is 4.74 Å². The number of aryl methyl sites for hydroxylation is 2. The second-order valence-electron chi connectivity index (χ2n) is 5.71. The van der Waals surface area contributed by atoms with Crippen LogP contribution in [0.1, 0.15) is 39.0 Å². The van der Waals surface area contributed by atoms with Gasteiger partial charge in [-0.05, 0) is 18.1 Å². The van der Waals surface area contributed by atoms with Crippen LogP contribution in [0, 0.1) is 0 Å². The number of imidazole rings is 1. The maximum atomic E-state index is 5.24. The van der Waals surface area contributed by atoms with Gasteiger partial charge in [-0.3, -0.25) is 4.98 Å². The molecule has 0 unspecified atom stereocenters. The van der Waals surface area contributed by atoms with Gasteiger partial charge in [0.2, 0.25) is 0 Å². The van der Waals surface area contributed by atoms with Crippen molar-refractivity contribution >= 4 is 0 Å². The average molecular weight is 275 g/mol. The van der Waals surface area contributed by atoms with Crippen molar-refractivity contribution < 1.29 is 4.74 Å². The van der Waals surface area contributed by atoms with E-state index in [4.69, 9.17) is 4.74 Å². The second-order valence-corrected chi connectivity index (χ2v) is 5.71. The fraction of sp³-hybridized carbons (Fsp3) is 0.500. The summed E-state index contributed by atoms with van der Waals surface area (Å²) in [4.78, 5) is 8.19. The first-order valence-electron chi connectivity index (χ1n) is 6.83. The molecule has 2 rings (SSSR count). The van der Waals surface area contributed by atoms with Gasteiger partial charge in [-0.15, -0.1) is 0 Å². The number of ether oxygens (including phenoxy) is 1. The summed E-state index contributed by atoms with van der Waals surface area (Å²) in [6.45, 7) is 8.63. The maximum absolute atomic E-state index is 5.24. The van der Waals surface area contributed by atoms with Gasteiger partial charge in [0.15, 0.2) is 0 Å². The smallest absolute Gasteiger partial charge is 0.140 e. The first-order valence-corrected chi connectivity index (χ1v) is 6.83. The molecule has 0 aliphatic carbocycles. The van der Waals surface area contributed by atoms with E-state index in [0.29, 0.717) is 0 Å². The van der Waals surface area contributed by atoms with Crippen molar-refractivity contribution in [3.63, 3.8) is 0 Å². The SMILES string of the molecule is CCc1cc(C(C)(C)C)ncc1OC.Cn1ccnc1. The van der Waals surface area contributed by atoms with Crippen molar-refractivity contribution in [1.82, 2.24) is 14.5 Å². The number of methoxy groups -OCH3 is 1. The van der Waals surface area contributed by atoms with E-state index in [2.05, 4.69) is 43.7 Å². The summed E-state index contributed by atoms with van der Waals surface area (Å²) in [5.74, 6) is 0.889. The Hall–Kier alpha value is -1.84. The Morgan fingerprint density at radius 3 is 2.35 bits per heavy atom. The summed E-state index contributed by atoms with van der Waals surface area (Å²) in [6, 6.07) is 2.14. The zero-order valence-corrected chi connectivity index (χ0v) is 13.3. The largest absolute Gasteiger partial charge is 0.495 e. The van der Waals surface area contributed by atoms with E-state index in [0.717, 1.165) is 17.9 Å². The van der Waals surface area contributed by atoms with Crippen LogP contribution in [0.25, 0.3) is 0 Å². The number of nitrogens with zero attached hydrogens (tertiary/aromatic N) is 3. The molecule has 2 aromatic rings. The van der Waals surface area contributed by atoms with Crippen molar-refractivity contribution in [3.8, 4) is 5.75 Å². The van der Waals surface area contributed by atoms with E-state index >= 15 is 0 Å². The summed E-state index contributed by atoms with van der Waals surface area (Å²) >= 11 is 0. The van der Waals surface area contributed by atoms with Crippen molar-refractivity contribution in [3.05, 3.63) is 42.2 Å². The molecule has 0 saturated heterocycles. The Bertz CT molecular complexity index is 513. The van der Waals surface area contributed by atoms with E-state index in [1.54, 1.807) is 19.6 Å². The Morgan fingerprint density at radius 1 is 1.30 bits per heavy atom. The van der Waals surface area contributed by atoms with Gasteiger partial charge in [0.1, 0.15) is 5.75 Å². The lowest BCUT2D eigenvalue weighted by Crippen LogP contribution is -2.14. The van der Waals surface area contributed by atoms with Gasteiger partial charge in [-0.25, -0.2) is 4.98 Å². The summed E-state index contributed by atoms with van der Waals surface area (Å²) in [5, 5.41) is 0. The highest BCUT2D eigenvalue weighted by molar-refractivity contribution is 5.34. The van der Waals surface area contributed by atoms with Gasteiger partial charge < -0.3 is 9.30 Å². The van der Waals surface area contributed by atoms with Gasteiger partial charge in [0, 0.05) is 30.6 Å². The zero-order valence-electron chi connectivity index (χ0n) is 13.3. The zero-order chi connectivity index (χ0) is 15.2. The average Bonchev–Trinajstić information content (AvgIpc) is 2.88. The van der Waals surface area contributed by atoms with E-state index in [-0.39, 0.29) is 5.41 Å². The van der Waals surface area contributed by atoms with E-state index in [1.165, 1.54) is 5.56 Å². The van der Waals surface area contributed by atoms with Gasteiger partial charge >= 0.3 is 0 Å². The number of hydrogen-bond donors (Lipinski definition) is 0. The highest BCUT2D eigenvalue weighted by Crippen LogP contribution is 2.25. The van der Waals surface area contributed by atoms with Gasteiger partial charge in [0.05, 0.1) is 19.6 Å². The molecule has 0 aromatic carbocycles. The number of aromatic nitrogens is 3. The lowest BCUT2D eigenvalue weighted by atomic mass is 9.90. The quantitative estimate of drug-likeness (QED) is 0.843. The molecular weight excluding hydrogens is 250 g/mol. The summed E-state index contributed by atoms with van der Waals surface area (Å²) < 4.78 is 7.13. The third-order valence-electron chi connectivity index (χ3n) is 2.95. The minimum Gasteiger partial charge on any atom is -0.495 e. The lowest BCUT2D eigenvalue weighted by Gasteiger charge is -2.19. The van der Waals surface area contributed by atoms with Crippen LogP contribution >= 0.6 is 0 Å². The Labute approximate surface area is 121 Å². The first kappa shape index (κ1) is 16.2. The third kappa shape index (κ3) is 4.68. The van der Waals surface area contributed by atoms with E-state index in [1.807, 2.05) is 24.0 Å². The minimum absolute atomic E-state index is 0.107. The number of pyridine rings is 1. The highest BCUT2D eigenvalue weighted by atomic mass is 16.5. The van der Waals surface area contributed by atoms with Crippen molar-refractivity contribution in [2.45, 2.75) is 39.5 Å². The lowest BCUT2D eigenvalue weighted by molar-refractivity contribution is 0.406. The molecule has 2 aromatic heterocycles. The van der Waals surface area contributed by atoms with Crippen LogP contribution in [0.3, 0.4) is 0 Å². The van der Waals surface area contributed by atoms with Gasteiger partial charge in [0.25, 0.3) is 0 Å². The Balaban J connectivity index is 0.000000276. The summed E-state index contributed by atoms with van der Waals surface area (Å²) in [7, 11) is 3.62. The molecule has 0 saturated carbocycles. The molecule has 0 amide bonds. The first-order chi connectivity index (χ1) is 9.38. The van der Waals surface area contributed by atoms with Crippen molar-refractivity contribution in [1.29, 1.82) is 0 Å². The molecule has 4 nitrogen and oxygen atoms in total. The molecule has 2 heterocycles. The number of hydrogen-bond acceptors (Lipinski definition) is 3. The predicted molar refractivity (Wildman–Crippen MR) is 82.1 cm³/mol. The maximum Gasteiger partial charge on any atom is 0.140 e. The fourth-order valence-corrected chi connectivity index (χ4v) is 1.68. The molecule has 0 spiro atoms. The van der Waals surface area contributed by atoms with E-state index < -0.39 is 0 Å². The highest BCUT2D eigenvalue weighted by Gasteiger charge is 2.16. The van der Waals surface area contributed by atoms with Crippen molar-refractivity contribution in [2.24, 2.45) is 7.05 Å². The van der Waals surface area contributed by atoms with Crippen molar-refractivity contribution in [2.75, 3.05) is 7.11 Å². The fourth-order valence-electron chi connectivity index (χ4n) is 1.68. The monoisotopic (exact) mass is 275 g/mol. The predicted octanol–water partition coefficient (Wildman–Crippen LogP) is 3.37. The molecule has 20 heavy (non-hydrogen) atoms. The Morgan fingerprint density at radius 2 is 2.00 bits per heavy atom. The van der Waals surface area contributed by atoms with E-state index in [9.17, 15) is 0 Å². The van der Waals surface area contributed by atoms with Gasteiger partial charge in [-0.2, -0.15) is 0 Å². The summed E-state index contributed by atoms with van der Waals surface area (Å²) in [5.41, 5.74) is 2.46. The van der Waals surface area contributed by atoms with Crippen LogP contribution in [-0.4, -0.2) is 21.6 Å². The molecule has 0 radical (unpaired) electrons. The standard InChI is InChI=1S/C12H19NO.C4H6N2/c1-6-9-7-11(12(2,3)4)13-8-10(9)14-5;1-6-3-2-5-4-6/h7-8H,6H2,1-5H3;2-4H,1H3. The van der Waals surface area contributed by atoms with Crippen LogP contribution in [0.15, 0.2) is 31.0 Å².